The lowest BCUT2D eigenvalue weighted by atomic mass is 10.5. The van der Waals surface area contributed by atoms with Crippen molar-refractivity contribution in [3.05, 3.63) is 0 Å². The number of alkyl halides is 2. The largest absolute Gasteiger partial charge is 0.374 e. The minimum absolute atomic E-state index is 0.00308. The Bertz CT molecular complexity index is 272. The number of halogens is 2. The van der Waals surface area contributed by atoms with Crippen LogP contribution < -0.4 is 10.0 Å². The number of sulfonamides is 1. The maximum Gasteiger partial charge on any atom is 0.261 e. The van der Waals surface area contributed by atoms with Crippen molar-refractivity contribution in [1.29, 1.82) is 0 Å². The molecule has 0 aliphatic carbocycles. The summed E-state index contributed by atoms with van der Waals surface area (Å²) in [6, 6.07) is 0. The van der Waals surface area contributed by atoms with Gasteiger partial charge in [0.05, 0.1) is 11.9 Å². The van der Waals surface area contributed by atoms with E-state index in [0.717, 1.165) is 0 Å². The first-order chi connectivity index (χ1) is 7.40. The number of hydrogen-bond donors (Lipinski definition) is 2. The fourth-order valence-electron chi connectivity index (χ4n) is 0.968. The Morgan fingerprint density at radius 3 is 2.50 bits per heavy atom. The Kier molecular flexibility index (Phi) is 7.73. The first-order valence-corrected chi connectivity index (χ1v) is 6.43. The molecule has 1 atom stereocenters. The van der Waals surface area contributed by atoms with Gasteiger partial charge in [-0.15, -0.1) is 0 Å². The highest BCUT2D eigenvalue weighted by molar-refractivity contribution is 7.90. The van der Waals surface area contributed by atoms with Gasteiger partial charge in [0.25, 0.3) is 6.43 Å². The van der Waals surface area contributed by atoms with E-state index in [4.69, 9.17) is 0 Å². The molecule has 0 saturated carbocycles. The predicted molar refractivity (Wildman–Crippen MR) is 57.1 cm³/mol. The lowest BCUT2D eigenvalue weighted by molar-refractivity contribution is 0.0199. The minimum Gasteiger partial charge on any atom is -0.374 e. The average molecular weight is 260 g/mol. The van der Waals surface area contributed by atoms with Crippen LogP contribution in [0, 0.1) is 0 Å². The van der Waals surface area contributed by atoms with Gasteiger partial charge in [0, 0.05) is 13.1 Å². The second kappa shape index (κ2) is 7.88. The molecule has 0 aromatic heterocycles. The molecule has 8 heteroatoms. The van der Waals surface area contributed by atoms with Gasteiger partial charge in [0.15, 0.2) is 0 Å². The van der Waals surface area contributed by atoms with Gasteiger partial charge in [-0.2, -0.15) is 0 Å². The summed E-state index contributed by atoms with van der Waals surface area (Å²) in [6.45, 7) is 1.15. The normalized spacial score (nSPS) is 14.3. The molecule has 0 aromatic rings. The number of rotatable bonds is 9. The molecule has 0 aliphatic heterocycles. The van der Waals surface area contributed by atoms with Crippen molar-refractivity contribution in [2.24, 2.45) is 0 Å². The SMILES string of the molecule is CNCC(C)S(=O)(=O)NCCOCC(F)F. The highest BCUT2D eigenvalue weighted by Gasteiger charge is 2.18. The van der Waals surface area contributed by atoms with Crippen LogP contribution in [0.15, 0.2) is 0 Å². The molecule has 0 fully saturated rings. The van der Waals surface area contributed by atoms with E-state index in [2.05, 4.69) is 14.8 Å². The summed E-state index contributed by atoms with van der Waals surface area (Å²) < 4.78 is 53.0. The van der Waals surface area contributed by atoms with Crippen LogP contribution in [0.5, 0.6) is 0 Å². The van der Waals surface area contributed by atoms with Crippen molar-refractivity contribution in [2.75, 3.05) is 33.4 Å². The zero-order chi connectivity index (χ0) is 12.6. The Labute approximate surface area is 94.6 Å². The van der Waals surface area contributed by atoms with Gasteiger partial charge in [0.2, 0.25) is 10.0 Å². The fourth-order valence-corrected chi connectivity index (χ4v) is 2.01. The first kappa shape index (κ1) is 15.7. The molecule has 0 rings (SSSR count). The highest BCUT2D eigenvalue weighted by atomic mass is 32.2. The van der Waals surface area contributed by atoms with E-state index in [1.54, 1.807) is 14.0 Å². The minimum atomic E-state index is -3.40. The van der Waals surface area contributed by atoms with Crippen LogP contribution in [0.1, 0.15) is 6.92 Å². The van der Waals surface area contributed by atoms with E-state index >= 15 is 0 Å². The summed E-state index contributed by atoms with van der Waals surface area (Å²) in [5.41, 5.74) is 0. The van der Waals surface area contributed by atoms with E-state index in [-0.39, 0.29) is 13.2 Å². The highest BCUT2D eigenvalue weighted by Crippen LogP contribution is 1.96. The monoisotopic (exact) mass is 260 g/mol. The maximum atomic E-state index is 11.7. The second-order valence-corrected chi connectivity index (χ2v) is 5.46. The van der Waals surface area contributed by atoms with E-state index in [1.807, 2.05) is 0 Å². The quantitative estimate of drug-likeness (QED) is 0.563. The van der Waals surface area contributed by atoms with Gasteiger partial charge in [-0.05, 0) is 14.0 Å². The standard InChI is InChI=1S/C8H18F2N2O3S/c1-7(5-11-2)16(13,14)12-3-4-15-6-8(9)10/h7-8,11-12H,3-6H2,1-2H3. The molecule has 0 aliphatic rings. The summed E-state index contributed by atoms with van der Waals surface area (Å²) in [6.07, 6.45) is -2.53. The molecule has 1 unspecified atom stereocenters. The second-order valence-electron chi connectivity index (χ2n) is 3.27. The van der Waals surface area contributed by atoms with Gasteiger partial charge in [-0.3, -0.25) is 0 Å². The van der Waals surface area contributed by atoms with Gasteiger partial charge >= 0.3 is 0 Å². The molecule has 5 nitrogen and oxygen atoms in total. The molecule has 0 spiro atoms. The molecule has 0 radical (unpaired) electrons. The summed E-state index contributed by atoms with van der Waals surface area (Å²) in [5, 5.41) is 2.16. The molecule has 98 valence electrons. The first-order valence-electron chi connectivity index (χ1n) is 4.89. The van der Waals surface area contributed by atoms with E-state index in [0.29, 0.717) is 6.54 Å². The average Bonchev–Trinajstić information content (AvgIpc) is 2.17. The molecule has 0 saturated heterocycles. The van der Waals surface area contributed by atoms with Crippen LogP contribution >= 0.6 is 0 Å². The Morgan fingerprint density at radius 2 is 2.00 bits per heavy atom. The third kappa shape index (κ3) is 7.04. The van der Waals surface area contributed by atoms with Crippen molar-refractivity contribution in [2.45, 2.75) is 18.6 Å². The zero-order valence-corrected chi connectivity index (χ0v) is 10.2. The van der Waals surface area contributed by atoms with Crippen LogP contribution in [0.3, 0.4) is 0 Å². The predicted octanol–water partition coefficient (Wildman–Crippen LogP) is -0.205. The van der Waals surface area contributed by atoms with Crippen molar-refractivity contribution in [1.82, 2.24) is 10.0 Å². The van der Waals surface area contributed by atoms with Crippen LogP contribution in [0.25, 0.3) is 0 Å². The van der Waals surface area contributed by atoms with E-state index in [1.165, 1.54) is 0 Å². The summed E-state index contributed by atoms with van der Waals surface area (Å²) in [7, 11) is -1.75. The van der Waals surface area contributed by atoms with Gasteiger partial charge in [0.1, 0.15) is 6.61 Å². The Balaban J connectivity index is 3.74. The Hall–Kier alpha value is -0.310. The van der Waals surface area contributed by atoms with E-state index < -0.39 is 28.3 Å². The van der Waals surface area contributed by atoms with Crippen molar-refractivity contribution < 1.29 is 21.9 Å². The van der Waals surface area contributed by atoms with Crippen LogP contribution in [0.2, 0.25) is 0 Å². The maximum absolute atomic E-state index is 11.7. The van der Waals surface area contributed by atoms with Crippen molar-refractivity contribution >= 4 is 10.0 Å². The van der Waals surface area contributed by atoms with Gasteiger partial charge in [-0.1, -0.05) is 0 Å². The zero-order valence-electron chi connectivity index (χ0n) is 9.37. The molecule has 0 amide bonds. The molecule has 0 heterocycles. The summed E-state index contributed by atoms with van der Waals surface area (Å²) in [5.74, 6) is 0. The number of nitrogens with one attached hydrogen (secondary N) is 2. The third-order valence-corrected chi connectivity index (χ3v) is 3.65. The third-order valence-electron chi connectivity index (χ3n) is 1.81. The smallest absolute Gasteiger partial charge is 0.261 e. The molecule has 2 N–H and O–H groups in total. The number of hydrogen-bond acceptors (Lipinski definition) is 4. The number of ether oxygens (including phenoxy) is 1. The van der Waals surface area contributed by atoms with Gasteiger partial charge in [-0.25, -0.2) is 21.9 Å². The molecule has 0 bridgehead atoms. The summed E-state index contributed by atoms with van der Waals surface area (Å²) in [4.78, 5) is 0. The Morgan fingerprint density at radius 1 is 1.38 bits per heavy atom. The van der Waals surface area contributed by atoms with Crippen LogP contribution in [-0.2, 0) is 14.8 Å². The lowest BCUT2D eigenvalue weighted by Crippen LogP contribution is -2.39. The molecular formula is C8H18F2N2O3S. The van der Waals surface area contributed by atoms with Crippen molar-refractivity contribution in [3.8, 4) is 0 Å². The fraction of sp³-hybridized carbons (Fsp3) is 1.00. The molecular weight excluding hydrogens is 242 g/mol. The van der Waals surface area contributed by atoms with Crippen LogP contribution in [-0.4, -0.2) is 53.4 Å². The molecule has 16 heavy (non-hydrogen) atoms. The topological polar surface area (TPSA) is 67.4 Å². The van der Waals surface area contributed by atoms with Gasteiger partial charge < -0.3 is 10.1 Å². The summed E-state index contributed by atoms with van der Waals surface area (Å²) >= 11 is 0. The van der Waals surface area contributed by atoms with Crippen molar-refractivity contribution in [3.63, 3.8) is 0 Å². The molecule has 0 aromatic carbocycles. The van der Waals surface area contributed by atoms with Crippen LogP contribution in [0.4, 0.5) is 8.78 Å². The van der Waals surface area contributed by atoms with E-state index in [9.17, 15) is 17.2 Å². The lowest BCUT2D eigenvalue weighted by Gasteiger charge is -2.13.